The van der Waals surface area contributed by atoms with Crippen molar-refractivity contribution >= 4 is 17.6 Å². The van der Waals surface area contributed by atoms with Crippen LogP contribution in [0.5, 0.6) is 0 Å². The summed E-state index contributed by atoms with van der Waals surface area (Å²) in [7, 11) is 0. The van der Waals surface area contributed by atoms with E-state index in [4.69, 9.17) is 4.74 Å². The zero-order chi connectivity index (χ0) is 15.8. The monoisotopic (exact) mass is 291 g/mol. The number of benzene rings is 1. The molecule has 0 saturated carbocycles. The summed E-state index contributed by atoms with van der Waals surface area (Å²) in [6, 6.07) is 7.10. The molecule has 1 rings (SSSR count). The van der Waals surface area contributed by atoms with Gasteiger partial charge >= 0.3 is 5.97 Å². The topological polar surface area (TPSA) is 46.6 Å². The summed E-state index contributed by atoms with van der Waals surface area (Å²) in [4.78, 5) is 26.1. The molecule has 0 heterocycles. The Morgan fingerprint density at radius 1 is 1.19 bits per heavy atom. The van der Waals surface area contributed by atoms with E-state index in [2.05, 4.69) is 13.8 Å². The highest BCUT2D eigenvalue weighted by atomic mass is 16.5. The first kappa shape index (κ1) is 17.2. The van der Waals surface area contributed by atoms with E-state index in [0.29, 0.717) is 36.7 Å². The van der Waals surface area contributed by atoms with Crippen LogP contribution in [0.3, 0.4) is 0 Å². The highest BCUT2D eigenvalue weighted by Gasteiger charge is 2.20. The minimum atomic E-state index is -0.386. The van der Waals surface area contributed by atoms with Gasteiger partial charge in [-0.1, -0.05) is 26.0 Å². The Bertz CT molecular complexity index is 483. The first-order valence-corrected chi connectivity index (χ1v) is 7.57. The fraction of sp³-hybridized carbons (Fsp3) is 0.529. The quantitative estimate of drug-likeness (QED) is 0.720. The van der Waals surface area contributed by atoms with Crippen LogP contribution >= 0.6 is 0 Å². The largest absolute Gasteiger partial charge is 0.462 e. The predicted octanol–water partition coefficient (Wildman–Crippen LogP) is 3.65. The molecule has 0 fully saturated rings. The maximum Gasteiger partial charge on any atom is 0.340 e. The van der Waals surface area contributed by atoms with Crippen LogP contribution in [0.15, 0.2) is 24.3 Å². The number of carbonyl (C=O) groups excluding carboxylic acids is 2. The molecule has 1 aromatic rings. The van der Waals surface area contributed by atoms with Crippen LogP contribution in [0.4, 0.5) is 5.69 Å². The van der Waals surface area contributed by atoms with Crippen LogP contribution in [0.25, 0.3) is 0 Å². The first-order valence-electron chi connectivity index (χ1n) is 7.57. The second-order valence-electron chi connectivity index (χ2n) is 5.31. The third kappa shape index (κ3) is 4.88. The van der Waals surface area contributed by atoms with E-state index in [9.17, 15) is 9.59 Å². The van der Waals surface area contributed by atoms with Crippen LogP contribution in [0.1, 0.15) is 50.9 Å². The van der Waals surface area contributed by atoms with Gasteiger partial charge in [0.1, 0.15) is 0 Å². The molecule has 0 aliphatic heterocycles. The van der Waals surface area contributed by atoms with E-state index in [1.165, 1.54) is 0 Å². The number of rotatable bonds is 7. The summed E-state index contributed by atoms with van der Waals surface area (Å²) >= 11 is 0. The van der Waals surface area contributed by atoms with Crippen molar-refractivity contribution in [2.45, 2.75) is 40.5 Å². The van der Waals surface area contributed by atoms with Gasteiger partial charge in [0.25, 0.3) is 0 Å². The summed E-state index contributed by atoms with van der Waals surface area (Å²) in [5.74, 6) is 0.138. The summed E-state index contributed by atoms with van der Waals surface area (Å²) in [5, 5.41) is 0. The number of ether oxygens (including phenoxy) is 1. The van der Waals surface area contributed by atoms with Crippen molar-refractivity contribution in [2.75, 3.05) is 18.1 Å². The lowest BCUT2D eigenvalue weighted by Crippen LogP contribution is -2.32. The predicted molar refractivity (Wildman–Crippen MR) is 84.5 cm³/mol. The average molecular weight is 291 g/mol. The van der Waals surface area contributed by atoms with Gasteiger partial charge in [-0.3, -0.25) is 4.79 Å². The van der Waals surface area contributed by atoms with E-state index in [-0.39, 0.29) is 11.9 Å². The highest BCUT2D eigenvalue weighted by molar-refractivity contribution is 6.02. The van der Waals surface area contributed by atoms with Gasteiger partial charge in [0.2, 0.25) is 5.91 Å². The van der Waals surface area contributed by atoms with Crippen molar-refractivity contribution < 1.29 is 14.3 Å². The van der Waals surface area contributed by atoms with E-state index < -0.39 is 0 Å². The number of amides is 1. The SMILES string of the molecule is CCOC(=O)c1ccccc1N(CC)C(=O)CCC(C)C. The highest BCUT2D eigenvalue weighted by Crippen LogP contribution is 2.23. The van der Waals surface area contributed by atoms with E-state index >= 15 is 0 Å². The number of nitrogens with zero attached hydrogens (tertiary/aromatic N) is 1. The minimum Gasteiger partial charge on any atom is -0.462 e. The Kier molecular flexibility index (Phi) is 6.92. The Morgan fingerprint density at radius 3 is 2.43 bits per heavy atom. The second kappa shape index (κ2) is 8.45. The number of anilines is 1. The molecule has 0 bridgehead atoms. The van der Waals surface area contributed by atoms with Crippen LogP contribution in [-0.2, 0) is 9.53 Å². The van der Waals surface area contributed by atoms with Crippen molar-refractivity contribution in [1.29, 1.82) is 0 Å². The Morgan fingerprint density at radius 2 is 1.86 bits per heavy atom. The first-order chi connectivity index (χ1) is 10.0. The third-order valence-electron chi connectivity index (χ3n) is 3.24. The van der Waals surface area contributed by atoms with Crippen LogP contribution in [0, 0.1) is 5.92 Å². The molecular formula is C17H25NO3. The molecule has 0 saturated heterocycles. The number of para-hydroxylation sites is 1. The molecule has 0 aromatic heterocycles. The average Bonchev–Trinajstić information content (AvgIpc) is 2.46. The molecule has 21 heavy (non-hydrogen) atoms. The maximum absolute atomic E-state index is 12.4. The van der Waals surface area contributed by atoms with Gasteiger partial charge in [-0.05, 0) is 38.3 Å². The maximum atomic E-state index is 12.4. The Hall–Kier alpha value is -1.84. The molecule has 1 aromatic carbocycles. The van der Waals surface area contributed by atoms with Gasteiger partial charge in [-0.15, -0.1) is 0 Å². The van der Waals surface area contributed by atoms with E-state index in [0.717, 1.165) is 6.42 Å². The molecule has 0 radical (unpaired) electrons. The third-order valence-corrected chi connectivity index (χ3v) is 3.24. The standard InChI is InChI=1S/C17H25NO3/c1-5-18(16(19)12-11-13(3)4)15-10-8-7-9-14(15)17(20)21-6-2/h7-10,13H,5-6,11-12H2,1-4H3. The van der Waals surface area contributed by atoms with E-state index in [1.54, 1.807) is 30.0 Å². The fourth-order valence-electron chi connectivity index (χ4n) is 2.12. The fourth-order valence-corrected chi connectivity index (χ4v) is 2.12. The summed E-state index contributed by atoms with van der Waals surface area (Å²) in [5.41, 5.74) is 1.08. The van der Waals surface area contributed by atoms with Gasteiger partial charge in [-0.25, -0.2) is 4.79 Å². The molecule has 0 aliphatic rings. The molecule has 1 amide bonds. The second-order valence-corrected chi connectivity index (χ2v) is 5.31. The molecule has 0 aliphatic carbocycles. The molecule has 0 spiro atoms. The van der Waals surface area contributed by atoms with Crippen LogP contribution in [0.2, 0.25) is 0 Å². The van der Waals surface area contributed by atoms with Gasteiger partial charge in [-0.2, -0.15) is 0 Å². The van der Waals surface area contributed by atoms with Gasteiger partial charge < -0.3 is 9.64 Å². The number of hydrogen-bond acceptors (Lipinski definition) is 3. The smallest absolute Gasteiger partial charge is 0.340 e. The number of esters is 1. The van der Waals surface area contributed by atoms with Crippen molar-refractivity contribution in [3.05, 3.63) is 29.8 Å². The molecular weight excluding hydrogens is 266 g/mol. The zero-order valence-corrected chi connectivity index (χ0v) is 13.4. The van der Waals surface area contributed by atoms with Crippen molar-refractivity contribution in [2.24, 2.45) is 5.92 Å². The lowest BCUT2D eigenvalue weighted by atomic mass is 10.1. The van der Waals surface area contributed by atoms with Gasteiger partial charge in [0, 0.05) is 13.0 Å². The minimum absolute atomic E-state index is 0.0444. The molecule has 4 heteroatoms. The molecule has 0 N–H and O–H groups in total. The summed E-state index contributed by atoms with van der Waals surface area (Å²) < 4.78 is 5.06. The van der Waals surface area contributed by atoms with Crippen molar-refractivity contribution in [3.8, 4) is 0 Å². The lowest BCUT2D eigenvalue weighted by molar-refractivity contribution is -0.118. The molecule has 116 valence electrons. The van der Waals surface area contributed by atoms with Crippen molar-refractivity contribution in [3.63, 3.8) is 0 Å². The number of carbonyl (C=O) groups is 2. The zero-order valence-electron chi connectivity index (χ0n) is 13.4. The summed E-state index contributed by atoms with van der Waals surface area (Å²) in [6.07, 6.45) is 1.33. The van der Waals surface area contributed by atoms with Crippen LogP contribution < -0.4 is 4.90 Å². The summed E-state index contributed by atoms with van der Waals surface area (Å²) in [6.45, 7) is 8.72. The van der Waals surface area contributed by atoms with Gasteiger partial charge in [0.15, 0.2) is 0 Å². The van der Waals surface area contributed by atoms with Gasteiger partial charge in [0.05, 0.1) is 17.9 Å². The lowest BCUT2D eigenvalue weighted by Gasteiger charge is -2.23. The molecule has 4 nitrogen and oxygen atoms in total. The van der Waals surface area contributed by atoms with Crippen LogP contribution in [-0.4, -0.2) is 25.0 Å². The molecule has 0 atom stereocenters. The van der Waals surface area contributed by atoms with E-state index in [1.807, 2.05) is 13.0 Å². The number of hydrogen-bond donors (Lipinski definition) is 0. The Balaban J connectivity index is 3.00. The Labute approximate surface area is 127 Å². The normalized spacial score (nSPS) is 10.5. The van der Waals surface area contributed by atoms with Crippen molar-refractivity contribution in [1.82, 2.24) is 0 Å². The molecule has 0 unspecified atom stereocenters.